The number of benzene rings is 1. The lowest BCUT2D eigenvalue weighted by molar-refractivity contribution is 0.119. The molecule has 1 aromatic carbocycles. The fraction of sp³-hybridized carbons (Fsp3) is 0.538. The first kappa shape index (κ1) is 10.7. The van der Waals surface area contributed by atoms with E-state index in [0.717, 1.165) is 19.3 Å². The summed E-state index contributed by atoms with van der Waals surface area (Å²) in [6.07, 6.45) is 4.11. The molecule has 1 aliphatic rings. The summed E-state index contributed by atoms with van der Waals surface area (Å²) in [5, 5.41) is 9.64. The van der Waals surface area contributed by atoms with Crippen molar-refractivity contribution < 1.29 is 5.11 Å². The first-order valence-corrected chi connectivity index (χ1v) is 5.76. The largest absolute Gasteiger partial charge is 0.393 e. The molecular formula is C13H19NO. The van der Waals surface area contributed by atoms with Crippen LogP contribution in [0.4, 0.5) is 0 Å². The molecule has 15 heavy (non-hydrogen) atoms. The van der Waals surface area contributed by atoms with Gasteiger partial charge in [-0.15, -0.1) is 0 Å². The monoisotopic (exact) mass is 205 g/mol. The van der Waals surface area contributed by atoms with Gasteiger partial charge in [0.15, 0.2) is 0 Å². The highest BCUT2D eigenvalue weighted by atomic mass is 16.3. The van der Waals surface area contributed by atoms with Crippen LogP contribution in [0.1, 0.15) is 42.7 Å². The zero-order chi connectivity index (χ0) is 10.7. The SMILES string of the molecule is NCc1cccc(C2CCCC(O)C2)c1. The number of rotatable bonds is 2. The lowest BCUT2D eigenvalue weighted by atomic mass is 9.82. The van der Waals surface area contributed by atoms with E-state index < -0.39 is 0 Å². The third-order valence-electron chi connectivity index (χ3n) is 3.30. The molecule has 0 aromatic heterocycles. The Balaban J connectivity index is 2.13. The Kier molecular flexibility index (Phi) is 3.39. The minimum atomic E-state index is -0.106. The fourth-order valence-electron chi connectivity index (χ4n) is 2.44. The van der Waals surface area contributed by atoms with Crippen LogP contribution in [0.3, 0.4) is 0 Å². The second kappa shape index (κ2) is 4.77. The van der Waals surface area contributed by atoms with E-state index in [0.29, 0.717) is 12.5 Å². The predicted molar refractivity (Wildman–Crippen MR) is 61.5 cm³/mol. The summed E-state index contributed by atoms with van der Waals surface area (Å²) in [7, 11) is 0. The van der Waals surface area contributed by atoms with Gasteiger partial charge in [0.1, 0.15) is 0 Å². The molecule has 0 heterocycles. The van der Waals surface area contributed by atoms with Gasteiger partial charge in [0.05, 0.1) is 6.10 Å². The molecule has 2 heteroatoms. The van der Waals surface area contributed by atoms with Crippen LogP contribution in [0.5, 0.6) is 0 Å². The van der Waals surface area contributed by atoms with Crippen LogP contribution in [0.2, 0.25) is 0 Å². The number of aliphatic hydroxyl groups is 1. The molecule has 2 unspecified atom stereocenters. The Hall–Kier alpha value is -0.860. The summed E-state index contributed by atoms with van der Waals surface area (Å²) in [4.78, 5) is 0. The van der Waals surface area contributed by atoms with Crippen molar-refractivity contribution in [3.63, 3.8) is 0 Å². The molecule has 1 saturated carbocycles. The number of nitrogens with two attached hydrogens (primary N) is 1. The van der Waals surface area contributed by atoms with E-state index in [9.17, 15) is 5.11 Å². The molecule has 2 nitrogen and oxygen atoms in total. The van der Waals surface area contributed by atoms with E-state index in [1.54, 1.807) is 0 Å². The molecule has 0 amide bonds. The standard InChI is InChI=1S/C13H19NO/c14-9-10-3-1-4-11(7-10)12-5-2-6-13(15)8-12/h1,3-4,7,12-13,15H,2,5-6,8-9,14H2. The van der Waals surface area contributed by atoms with E-state index in [1.165, 1.54) is 17.5 Å². The maximum atomic E-state index is 9.64. The first-order valence-electron chi connectivity index (χ1n) is 5.76. The summed E-state index contributed by atoms with van der Waals surface area (Å²) in [6.45, 7) is 0.600. The van der Waals surface area contributed by atoms with Crippen LogP contribution in [0, 0.1) is 0 Å². The van der Waals surface area contributed by atoms with E-state index >= 15 is 0 Å². The maximum Gasteiger partial charge on any atom is 0.0546 e. The Morgan fingerprint density at radius 2 is 2.20 bits per heavy atom. The Morgan fingerprint density at radius 1 is 1.33 bits per heavy atom. The van der Waals surface area contributed by atoms with E-state index in [4.69, 9.17) is 5.73 Å². The van der Waals surface area contributed by atoms with Crippen molar-refractivity contribution in [3.8, 4) is 0 Å². The molecule has 0 saturated heterocycles. The van der Waals surface area contributed by atoms with Crippen LogP contribution in [0.25, 0.3) is 0 Å². The second-order valence-corrected chi connectivity index (χ2v) is 4.47. The van der Waals surface area contributed by atoms with Gasteiger partial charge >= 0.3 is 0 Å². The van der Waals surface area contributed by atoms with Gasteiger partial charge in [-0.1, -0.05) is 30.7 Å². The zero-order valence-electron chi connectivity index (χ0n) is 9.02. The molecule has 1 fully saturated rings. The fourth-order valence-corrected chi connectivity index (χ4v) is 2.44. The highest BCUT2D eigenvalue weighted by Gasteiger charge is 2.21. The minimum Gasteiger partial charge on any atom is -0.393 e. The molecule has 1 aromatic rings. The van der Waals surface area contributed by atoms with Gasteiger partial charge in [-0.05, 0) is 36.3 Å². The van der Waals surface area contributed by atoms with Crippen molar-refractivity contribution in [2.24, 2.45) is 5.73 Å². The molecule has 2 rings (SSSR count). The Labute approximate surface area is 91.1 Å². The zero-order valence-corrected chi connectivity index (χ0v) is 9.02. The predicted octanol–water partition coefficient (Wildman–Crippen LogP) is 2.16. The van der Waals surface area contributed by atoms with Crippen molar-refractivity contribution in [1.29, 1.82) is 0 Å². The lowest BCUT2D eigenvalue weighted by Crippen LogP contribution is -2.18. The molecule has 0 bridgehead atoms. The highest BCUT2D eigenvalue weighted by Crippen LogP contribution is 2.33. The molecule has 0 aliphatic heterocycles. The number of hydrogen-bond acceptors (Lipinski definition) is 2. The molecule has 1 aliphatic carbocycles. The quantitative estimate of drug-likeness (QED) is 0.777. The van der Waals surface area contributed by atoms with Crippen LogP contribution in [-0.4, -0.2) is 11.2 Å². The summed E-state index contributed by atoms with van der Waals surface area (Å²) < 4.78 is 0. The average molecular weight is 205 g/mol. The van der Waals surface area contributed by atoms with E-state index in [1.807, 2.05) is 0 Å². The smallest absolute Gasteiger partial charge is 0.0546 e. The Morgan fingerprint density at radius 3 is 2.93 bits per heavy atom. The van der Waals surface area contributed by atoms with Crippen LogP contribution >= 0.6 is 0 Å². The van der Waals surface area contributed by atoms with Gasteiger partial charge < -0.3 is 10.8 Å². The van der Waals surface area contributed by atoms with Gasteiger partial charge in [0.25, 0.3) is 0 Å². The summed E-state index contributed by atoms with van der Waals surface area (Å²) in [5.41, 5.74) is 8.16. The van der Waals surface area contributed by atoms with Crippen molar-refractivity contribution in [1.82, 2.24) is 0 Å². The topological polar surface area (TPSA) is 46.2 Å². The van der Waals surface area contributed by atoms with E-state index in [2.05, 4.69) is 24.3 Å². The van der Waals surface area contributed by atoms with Crippen molar-refractivity contribution in [2.75, 3.05) is 0 Å². The molecule has 82 valence electrons. The van der Waals surface area contributed by atoms with E-state index in [-0.39, 0.29) is 6.10 Å². The second-order valence-electron chi connectivity index (χ2n) is 4.47. The lowest BCUT2D eigenvalue weighted by Gasteiger charge is -2.26. The average Bonchev–Trinajstić information content (AvgIpc) is 2.29. The molecular weight excluding hydrogens is 186 g/mol. The van der Waals surface area contributed by atoms with Crippen LogP contribution in [-0.2, 0) is 6.54 Å². The Bertz CT molecular complexity index is 324. The van der Waals surface area contributed by atoms with Gasteiger partial charge in [0, 0.05) is 6.54 Å². The van der Waals surface area contributed by atoms with Gasteiger partial charge in [-0.3, -0.25) is 0 Å². The van der Waals surface area contributed by atoms with Gasteiger partial charge in [-0.25, -0.2) is 0 Å². The summed E-state index contributed by atoms with van der Waals surface area (Å²) in [6, 6.07) is 8.46. The highest BCUT2D eigenvalue weighted by molar-refractivity contribution is 5.26. The number of hydrogen-bond donors (Lipinski definition) is 2. The maximum absolute atomic E-state index is 9.64. The van der Waals surface area contributed by atoms with Crippen LogP contribution < -0.4 is 5.73 Å². The van der Waals surface area contributed by atoms with Crippen LogP contribution in [0.15, 0.2) is 24.3 Å². The summed E-state index contributed by atoms with van der Waals surface area (Å²) >= 11 is 0. The molecule has 2 atom stereocenters. The summed E-state index contributed by atoms with van der Waals surface area (Å²) in [5.74, 6) is 0.528. The van der Waals surface area contributed by atoms with Gasteiger partial charge in [-0.2, -0.15) is 0 Å². The van der Waals surface area contributed by atoms with Crippen molar-refractivity contribution >= 4 is 0 Å². The first-order chi connectivity index (χ1) is 7.29. The van der Waals surface area contributed by atoms with Crippen molar-refractivity contribution in [3.05, 3.63) is 35.4 Å². The normalized spacial score (nSPS) is 26.5. The molecule has 3 N–H and O–H groups in total. The minimum absolute atomic E-state index is 0.106. The number of aliphatic hydroxyl groups excluding tert-OH is 1. The van der Waals surface area contributed by atoms with Gasteiger partial charge in [0.2, 0.25) is 0 Å². The molecule has 0 radical (unpaired) electrons. The van der Waals surface area contributed by atoms with Crippen molar-refractivity contribution in [2.45, 2.75) is 44.2 Å². The molecule has 0 spiro atoms. The third-order valence-corrected chi connectivity index (χ3v) is 3.30. The third kappa shape index (κ3) is 2.58.